The first-order valence-electron chi connectivity index (χ1n) is 3.60. The number of nitrogens with one attached hydrogen (secondary N) is 1. The standard InChI is InChI=1S/C7H15NO/c1-5(2)6-3-8-4-7(6)9/h5-9H,3-4H2,1-2H3/t6-,7-/m1/s1. The second-order valence-electron chi connectivity index (χ2n) is 3.13. The third kappa shape index (κ3) is 1.43. The van der Waals surface area contributed by atoms with Crippen molar-refractivity contribution in [1.29, 1.82) is 0 Å². The van der Waals surface area contributed by atoms with Crippen molar-refractivity contribution in [2.45, 2.75) is 20.0 Å². The second kappa shape index (κ2) is 2.67. The van der Waals surface area contributed by atoms with Gasteiger partial charge in [-0.25, -0.2) is 0 Å². The summed E-state index contributed by atoms with van der Waals surface area (Å²) in [6, 6.07) is 0. The van der Waals surface area contributed by atoms with Crippen LogP contribution in [0.2, 0.25) is 0 Å². The molecule has 0 unspecified atom stereocenters. The zero-order chi connectivity index (χ0) is 6.85. The average Bonchev–Trinajstić information content (AvgIpc) is 2.13. The maximum Gasteiger partial charge on any atom is 0.0707 e. The van der Waals surface area contributed by atoms with Crippen LogP contribution in [0.3, 0.4) is 0 Å². The normalized spacial score (nSPS) is 36.0. The van der Waals surface area contributed by atoms with Gasteiger partial charge in [0.25, 0.3) is 0 Å². The van der Waals surface area contributed by atoms with E-state index in [9.17, 15) is 5.11 Å². The van der Waals surface area contributed by atoms with Gasteiger partial charge in [-0.2, -0.15) is 0 Å². The van der Waals surface area contributed by atoms with Crippen LogP contribution in [0.1, 0.15) is 13.8 Å². The SMILES string of the molecule is CC(C)[C@H]1CNC[C@H]1O. The lowest BCUT2D eigenvalue weighted by atomic mass is 9.93. The molecular weight excluding hydrogens is 114 g/mol. The first-order chi connectivity index (χ1) is 4.22. The Kier molecular flexibility index (Phi) is 2.09. The second-order valence-corrected chi connectivity index (χ2v) is 3.13. The minimum absolute atomic E-state index is 0.106. The fraction of sp³-hybridized carbons (Fsp3) is 1.00. The molecular formula is C7H15NO. The number of aliphatic hydroxyl groups excluding tert-OH is 1. The number of hydrogen-bond acceptors (Lipinski definition) is 2. The molecule has 1 aliphatic heterocycles. The van der Waals surface area contributed by atoms with Gasteiger partial charge in [0.1, 0.15) is 0 Å². The summed E-state index contributed by atoms with van der Waals surface area (Å²) >= 11 is 0. The van der Waals surface area contributed by atoms with E-state index in [2.05, 4.69) is 19.2 Å². The smallest absolute Gasteiger partial charge is 0.0707 e. The molecule has 2 heteroatoms. The van der Waals surface area contributed by atoms with E-state index in [1.165, 1.54) is 0 Å². The van der Waals surface area contributed by atoms with Crippen LogP contribution in [-0.4, -0.2) is 24.3 Å². The predicted molar refractivity (Wildman–Crippen MR) is 37.2 cm³/mol. The van der Waals surface area contributed by atoms with Gasteiger partial charge in [0, 0.05) is 19.0 Å². The van der Waals surface area contributed by atoms with Crippen molar-refractivity contribution in [2.75, 3.05) is 13.1 Å². The fourth-order valence-corrected chi connectivity index (χ4v) is 1.37. The number of hydrogen-bond donors (Lipinski definition) is 2. The Bertz CT molecular complexity index is 92.9. The van der Waals surface area contributed by atoms with E-state index >= 15 is 0 Å². The van der Waals surface area contributed by atoms with E-state index in [1.807, 2.05) is 0 Å². The van der Waals surface area contributed by atoms with Crippen LogP contribution in [0.25, 0.3) is 0 Å². The van der Waals surface area contributed by atoms with Crippen LogP contribution in [0.15, 0.2) is 0 Å². The molecule has 0 amide bonds. The fourth-order valence-electron chi connectivity index (χ4n) is 1.37. The molecule has 1 heterocycles. The summed E-state index contributed by atoms with van der Waals surface area (Å²) in [5, 5.41) is 12.5. The maximum absolute atomic E-state index is 9.30. The molecule has 0 aliphatic carbocycles. The summed E-state index contributed by atoms with van der Waals surface area (Å²) in [6.45, 7) is 6.07. The zero-order valence-corrected chi connectivity index (χ0v) is 6.09. The molecule has 0 aromatic carbocycles. The van der Waals surface area contributed by atoms with Crippen molar-refractivity contribution < 1.29 is 5.11 Å². The quantitative estimate of drug-likeness (QED) is 0.531. The molecule has 54 valence electrons. The van der Waals surface area contributed by atoms with Crippen molar-refractivity contribution in [1.82, 2.24) is 5.32 Å². The summed E-state index contributed by atoms with van der Waals surface area (Å²) in [4.78, 5) is 0. The number of β-amino-alcohol motifs (C(OH)–C–C–N with tert-alkyl or cyclic N) is 1. The van der Waals surface area contributed by atoms with E-state index in [0.717, 1.165) is 13.1 Å². The molecule has 1 aliphatic rings. The Morgan fingerprint density at radius 3 is 2.33 bits per heavy atom. The summed E-state index contributed by atoms with van der Waals surface area (Å²) in [7, 11) is 0. The summed E-state index contributed by atoms with van der Waals surface area (Å²) in [5.74, 6) is 1.08. The van der Waals surface area contributed by atoms with Gasteiger partial charge in [-0.15, -0.1) is 0 Å². The minimum Gasteiger partial charge on any atom is -0.391 e. The molecule has 1 rings (SSSR count). The largest absolute Gasteiger partial charge is 0.391 e. The van der Waals surface area contributed by atoms with E-state index in [4.69, 9.17) is 0 Å². The number of aliphatic hydroxyl groups is 1. The predicted octanol–water partition coefficient (Wildman–Crippen LogP) is 0.223. The maximum atomic E-state index is 9.30. The van der Waals surface area contributed by atoms with Crippen LogP contribution in [0, 0.1) is 11.8 Å². The molecule has 2 N–H and O–H groups in total. The van der Waals surface area contributed by atoms with Crippen molar-refractivity contribution in [2.24, 2.45) is 11.8 Å². The van der Waals surface area contributed by atoms with E-state index in [0.29, 0.717) is 11.8 Å². The Hall–Kier alpha value is -0.0800. The Labute approximate surface area is 56.3 Å². The van der Waals surface area contributed by atoms with Crippen LogP contribution in [-0.2, 0) is 0 Å². The third-order valence-corrected chi connectivity index (χ3v) is 2.08. The molecule has 0 spiro atoms. The first-order valence-corrected chi connectivity index (χ1v) is 3.60. The monoisotopic (exact) mass is 129 g/mol. The van der Waals surface area contributed by atoms with Crippen LogP contribution in [0.5, 0.6) is 0 Å². The molecule has 1 saturated heterocycles. The van der Waals surface area contributed by atoms with Crippen LogP contribution < -0.4 is 5.32 Å². The van der Waals surface area contributed by atoms with Gasteiger partial charge >= 0.3 is 0 Å². The van der Waals surface area contributed by atoms with Gasteiger partial charge in [0.2, 0.25) is 0 Å². The van der Waals surface area contributed by atoms with Crippen molar-refractivity contribution >= 4 is 0 Å². The first kappa shape index (κ1) is 7.03. The molecule has 2 nitrogen and oxygen atoms in total. The van der Waals surface area contributed by atoms with Gasteiger partial charge in [-0.05, 0) is 5.92 Å². The van der Waals surface area contributed by atoms with E-state index in [1.54, 1.807) is 0 Å². The number of rotatable bonds is 1. The summed E-state index contributed by atoms with van der Waals surface area (Å²) < 4.78 is 0. The lowest BCUT2D eigenvalue weighted by Crippen LogP contribution is -2.22. The van der Waals surface area contributed by atoms with Gasteiger partial charge < -0.3 is 10.4 Å². The topological polar surface area (TPSA) is 32.3 Å². The van der Waals surface area contributed by atoms with Gasteiger partial charge in [0.15, 0.2) is 0 Å². The Morgan fingerprint density at radius 2 is 2.11 bits per heavy atom. The average molecular weight is 129 g/mol. The molecule has 2 atom stereocenters. The van der Waals surface area contributed by atoms with Crippen molar-refractivity contribution in [3.05, 3.63) is 0 Å². The Morgan fingerprint density at radius 1 is 1.44 bits per heavy atom. The molecule has 0 aromatic rings. The van der Waals surface area contributed by atoms with Gasteiger partial charge in [-0.3, -0.25) is 0 Å². The minimum atomic E-state index is -0.106. The highest BCUT2D eigenvalue weighted by Gasteiger charge is 2.26. The van der Waals surface area contributed by atoms with Crippen molar-refractivity contribution in [3.63, 3.8) is 0 Å². The highest BCUT2D eigenvalue weighted by molar-refractivity contribution is 4.81. The third-order valence-electron chi connectivity index (χ3n) is 2.08. The summed E-state index contributed by atoms with van der Waals surface area (Å²) in [6.07, 6.45) is -0.106. The molecule has 0 aromatic heterocycles. The van der Waals surface area contributed by atoms with Crippen LogP contribution in [0.4, 0.5) is 0 Å². The van der Waals surface area contributed by atoms with Gasteiger partial charge in [-0.1, -0.05) is 13.8 Å². The lowest BCUT2D eigenvalue weighted by molar-refractivity contribution is 0.123. The summed E-state index contributed by atoms with van der Waals surface area (Å²) in [5.41, 5.74) is 0. The molecule has 0 radical (unpaired) electrons. The molecule has 9 heavy (non-hydrogen) atoms. The van der Waals surface area contributed by atoms with Gasteiger partial charge in [0.05, 0.1) is 6.10 Å². The Balaban J connectivity index is 2.40. The zero-order valence-electron chi connectivity index (χ0n) is 6.09. The molecule has 0 saturated carbocycles. The lowest BCUT2D eigenvalue weighted by Gasteiger charge is -2.16. The van der Waals surface area contributed by atoms with E-state index in [-0.39, 0.29) is 6.10 Å². The van der Waals surface area contributed by atoms with E-state index < -0.39 is 0 Å². The van der Waals surface area contributed by atoms with Crippen LogP contribution >= 0.6 is 0 Å². The highest BCUT2D eigenvalue weighted by atomic mass is 16.3. The highest BCUT2D eigenvalue weighted by Crippen LogP contribution is 2.17. The molecule has 0 bridgehead atoms. The van der Waals surface area contributed by atoms with Crippen molar-refractivity contribution in [3.8, 4) is 0 Å². The molecule has 1 fully saturated rings.